The average Bonchev–Trinajstić information content (AvgIpc) is 2.36. The van der Waals surface area contributed by atoms with E-state index in [1.54, 1.807) is 13.2 Å². The van der Waals surface area contributed by atoms with Gasteiger partial charge < -0.3 is 10.6 Å². The fourth-order valence-electron chi connectivity index (χ4n) is 1.45. The molecule has 0 spiro atoms. The summed E-state index contributed by atoms with van der Waals surface area (Å²) in [6.45, 7) is 6.26. The summed E-state index contributed by atoms with van der Waals surface area (Å²) < 4.78 is 0. The van der Waals surface area contributed by atoms with Gasteiger partial charge in [-0.3, -0.25) is 9.78 Å². The Morgan fingerprint density at radius 2 is 2.18 bits per heavy atom. The third-order valence-corrected chi connectivity index (χ3v) is 2.97. The Morgan fingerprint density at radius 3 is 2.76 bits per heavy atom. The van der Waals surface area contributed by atoms with E-state index in [0.29, 0.717) is 6.54 Å². The van der Waals surface area contributed by atoms with E-state index in [1.807, 2.05) is 26.0 Å². The summed E-state index contributed by atoms with van der Waals surface area (Å²) in [6, 6.07) is 3.96. The SMILES string of the molecule is CCc1cccnc1CNC(=O)C(C)(C)NC. The van der Waals surface area contributed by atoms with Gasteiger partial charge in [0.15, 0.2) is 0 Å². The molecular weight excluding hydrogens is 214 g/mol. The van der Waals surface area contributed by atoms with Crippen LogP contribution in [0.25, 0.3) is 0 Å². The van der Waals surface area contributed by atoms with Crippen molar-refractivity contribution < 1.29 is 4.79 Å². The summed E-state index contributed by atoms with van der Waals surface area (Å²) in [4.78, 5) is 16.2. The highest BCUT2D eigenvalue weighted by atomic mass is 16.2. The predicted molar refractivity (Wildman–Crippen MR) is 68.6 cm³/mol. The molecule has 1 heterocycles. The number of aromatic nitrogens is 1. The van der Waals surface area contributed by atoms with Crippen LogP contribution in [0.3, 0.4) is 0 Å². The smallest absolute Gasteiger partial charge is 0.240 e. The maximum absolute atomic E-state index is 11.9. The number of amides is 1. The number of hydrogen-bond acceptors (Lipinski definition) is 3. The van der Waals surface area contributed by atoms with E-state index >= 15 is 0 Å². The molecule has 17 heavy (non-hydrogen) atoms. The average molecular weight is 235 g/mol. The molecule has 0 bridgehead atoms. The molecule has 4 heteroatoms. The van der Waals surface area contributed by atoms with Gasteiger partial charge >= 0.3 is 0 Å². The van der Waals surface area contributed by atoms with Gasteiger partial charge in [-0.05, 0) is 38.9 Å². The van der Waals surface area contributed by atoms with Crippen molar-refractivity contribution in [3.63, 3.8) is 0 Å². The van der Waals surface area contributed by atoms with Gasteiger partial charge in [-0.2, -0.15) is 0 Å². The molecule has 1 aromatic rings. The Labute approximate surface area is 103 Å². The second-order valence-corrected chi connectivity index (χ2v) is 4.52. The van der Waals surface area contributed by atoms with Gasteiger partial charge in [0.05, 0.1) is 17.8 Å². The molecule has 2 N–H and O–H groups in total. The third kappa shape index (κ3) is 3.53. The summed E-state index contributed by atoms with van der Waals surface area (Å²) in [7, 11) is 1.78. The fraction of sp³-hybridized carbons (Fsp3) is 0.538. The lowest BCUT2D eigenvalue weighted by molar-refractivity contribution is -0.126. The van der Waals surface area contributed by atoms with Crippen LogP contribution in [-0.2, 0) is 17.8 Å². The molecule has 0 aromatic carbocycles. The first kappa shape index (κ1) is 13.6. The quantitative estimate of drug-likeness (QED) is 0.808. The van der Waals surface area contributed by atoms with Crippen LogP contribution in [0.1, 0.15) is 32.0 Å². The summed E-state index contributed by atoms with van der Waals surface area (Å²) in [5, 5.41) is 5.87. The van der Waals surface area contributed by atoms with Crippen molar-refractivity contribution in [2.75, 3.05) is 7.05 Å². The van der Waals surface area contributed by atoms with Crippen molar-refractivity contribution in [1.29, 1.82) is 0 Å². The van der Waals surface area contributed by atoms with Crippen molar-refractivity contribution >= 4 is 5.91 Å². The van der Waals surface area contributed by atoms with E-state index in [-0.39, 0.29) is 5.91 Å². The van der Waals surface area contributed by atoms with E-state index in [9.17, 15) is 4.79 Å². The van der Waals surface area contributed by atoms with Gasteiger partial charge in [0.2, 0.25) is 5.91 Å². The summed E-state index contributed by atoms with van der Waals surface area (Å²) in [5.41, 5.74) is 1.56. The van der Waals surface area contributed by atoms with Gasteiger partial charge in [0, 0.05) is 6.20 Å². The van der Waals surface area contributed by atoms with Crippen molar-refractivity contribution in [1.82, 2.24) is 15.6 Å². The minimum atomic E-state index is -0.554. The number of hydrogen-bond donors (Lipinski definition) is 2. The first-order chi connectivity index (χ1) is 8.01. The Bertz CT molecular complexity index is 388. The lowest BCUT2D eigenvalue weighted by Crippen LogP contribution is -2.50. The van der Waals surface area contributed by atoms with Crippen LogP contribution in [0.2, 0.25) is 0 Å². The van der Waals surface area contributed by atoms with Crippen molar-refractivity contribution in [3.05, 3.63) is 29.6 Å². The summed E-state index contributed by atoms with van der Waals surface area (Å²) in [6.07, 6.45) is 2.68. The van der Waals surface area contributed by atoms with Crippen LogP contribution >= 0.6 is 0 Å². The second kappa shape index (κ2) is 5.77. The molecule has 0 radical (unpaired) electrons. The normalized spacial score (nSPS) is 11.3. The lowest BCUT2D eigenvalue weighted by atomic mass is 10.0. The van der Waals surface area contributed by atoms with Crippen LogP contribution in [-0.4, -0.2) is 23.5 Å². The third-order valence-electron chi connectivity index (χ3n) is 2.97. The van der Waals surface area contributed by atoms with E-state index in [4.69, 9.17) is 0 Å². The fourth-order valence-corrected chi connectivity index (χ4v) is 1.45. The molecule has 1 aromatic heterocycles. The number of aryl methyl sites for hydroxylation is 1. The van der Waals surface area contributed by atoms with Crippen molar-refractivity contribution in [2.24, 2.45) is 0 Å². The largest absolute Gasteiger partial charge is 0.349 e. The monoisotopic (exact) mass is 235 g/mol. The molecule has 0 aliphatic heterocycles. The van der Waals surface area contributed by atoms with Crippen molar-refractivity contribution in [3.8, 4) is 0 Å². The Morgan fingerprint density at radius 1 is 1.47 bits per heavy atom. The zero-order valence-corrected chi connectivity index (χ0v) is 11.0. The number of carbonyl (C=O) groups is 1. The zero-order valence-electron chi connectivity index (χ0n) is 11.0. The first-order valence-electron chi connectivity index (χ1n) is 5.91. The molecule has 1 rings (SSSR count). The van der Waals surface area contributed by atoms with Gasteiger partial charge in [-0.25, -0.2) is 0 Å². The van der Waals surface area contributed by atoms with E-state index < -0.39 is 5.54 Å². The van der Waals surface area contributed by atoms with Gasteiger partial charge in [0.1, 0.15) is 0 Å². The molecule has 1 amide bonds. The minimum Gasteiger partial charge on any atom is -0.349 e. The van der Waals surface area contributed by atoms with Crippen LogP contribution in [0.5, 0.6) is 0 Å². The van der Waals surface area contributed by atoms with E-state index in [2.05, 4.69) is 22.5 Å². The van der Waals surface area contributed by atoms with Gasteiger partial charge in [-0.1, -0.05) is 13.0 Å². The van der Waals surface area contributed by atoms with Crippen molar-refractivity contribution in [2.45, 2.75) is 39.3 Å². The van der Waals surface area contributed by atoms with E-state index in [0.717, 1.165) is 12.1 Å². The van der Waals surface area contributed by atoms with Crippen LogP contribution < -0.4 is 10.6 Å². The minimum absolute atomic E-state index is 0.0206. The van der Waals surface area contributed by atoms with Crippen LogP contribution in [0.4, 0.5) is 0 Å². The van der Waals surface area contributed by atoms with Crippen LogP contribution in [0, 0.1) is 0 Å². The highest BCUT2D eigenvalue weighted by molar-refractivity contribution is 5.85. The Balaban J connectivity index is 2.65. The number of likely N-dealkylation sites (N-methyl/N-ethyl adjacent to an activating group) is 1. The van der Waals surface area contributed by atoms with Gasteiger partial charge in [0.25, 0.3) is 0 Å². The number of nitrogens with zero attached hydrogens (tertiary/aromatic N) is 1. The number of rotatable bonds is 5. The molecule has 94 valence electrons. The molecule has 0 aliphatic rings. The highest BCUT2D eigenvalue weighted by Gasteiger charge is 2.24. The maximum Gasteiger partial charge on any atom is 0.240 e. The molecule has 0 saturated carbocycles. The second-order valence-electron chi connectivity index (χ2n) is 4.52. The topological polar surface area (TPSA) is 54.0 Å². The molecule has 0 saturated heterocycles. The molecule has 0 atom stereocenters. The first-order valence-corrected chi connectivity index (χ1v) is 5.91. The standard InChI is InChI=1S/C13H21N3O/c1-5-10-7-6-8-15-11(10)9-16-12(17)13(2,3)14-4/h6-8,14H,5,9H2,1-4H3,(H,16,17). The Kier molecular flexibility index (Phi) is 4.63. The molecule has 0 aliphatic carbocycles. The molecular formula is C13H21N3O. The molecule has 0 unspecified atom stereocenters. The molecule has 4 nitrogen and oxygen atoms in total. The number of carbonyl (C=O) groups excluding carboxylic acids is 1. The highest BCUT2D eigenvalue weighted by Crippen LogP contribution is 2.07. The predicted octanol–water partition coefficient (Wildman–Crippen LogP) is 1.26. The Hall–Kier alpha value is -1.42. The summed E-state index contributed by atoms with van der Waals surface area (Å²) in [5.74, 6) is -0.0206. The number of pyridine rings is 1. The summed E-state index contributed by atoms with van der Waals surface area (Å²) >= 11 is 0. The maximum atomic E-state index is 11.9. The zero-order chi connectivity index (χ0) is 12.9. The van der Waals surface area contributed by atoms with Gasteiger partial charge in [-0.15, -0.1) is 0 Å². The number of nitrogens with one attached hydrogen (secondary N) is 2. The molecule has 0 fully saturated rings. The lowest BCUT2D eigenvalue weighted by Gasteiger charge is -2.22. The van der Waals surface area contributed by atoms with E-state index in [1.165, 1.54) is 5.56 Å². The van der Waals surface area contributed by atoms with Crippen LogP contribution in [0.15, 0.2) is 18.3 Å².